The molecule has 2 fully saturated rings. The van der Waals surface area contributed by atoms with E-state index < -0.39 is 0 Å². The van der Waals surface area contributed by atoms with Crippen molar-refractivity contribution in [2.24, 2.45) is 10.4 Å². The molecule has 1 spiro atoms. The van der Waals surface area contributed by atoms with Gasteiger partial charge in [-0.2, -0.15) is 0 Å². The molecule has 2 saturated carbocycles. The Morgan fingerprint density at radius 1 is 1.23 bits per heavy atom. The number of carbonyl (C=O) groups excluding carboxylic acids is 1. The van der Waals surface area contributed by atoms with Gasteiger partial charge in [-0.3, -0.25) is 4.79 Å². The fourth-order valence-electron chi connectivity index (χ4n) is 4.63. The standard InChI is InChI=1S/C23H36N4O3.HI/c1-5-30-20-14-19(23(20)12-6-7-13-23)26-22(25-16-21(28)27(2)3)24-15-17-8-10-18(29-4)11-9-17;/h8-11,19-20H,5-7,12-16H2,1-4H3,(H2,24,25,26);1H. The van der Waals surface area contributed by atoms with Crippen LogP contribution < -0.4 is 15.4 Å². The summed E-state index contributed by atoms with van der Waals surface area (Å²) in [7, 11) is 5.18. The maximum atomic E-state index is 12.1. The molecule has 1 aromatic carbocycles. The number of benzene rings is 1. The molecule has 0 aliphatic heterocycles. The molecule has 2 unspecified atom stereocenters. The minimum absolute atomic E-state index is 0. The Labute approximate surface area is 203 Å². The molecule has 1 aromatic rings. The van der Waals surface area contributed by atoms with Gasteiger partial charge in [0.1, 0.15) is 5.75 Å². The Balaban J connectivity index is 0.00000341. The number of nitrogens with one attached hydrogen (secondary N) is 2. The van der Waals surface area contributed by atoms with Gasteiger partial charge in [-0.15, -0.1) is 24.0 Å². The molecule has 0 aromatic heterocycles. The molecule has 174 valence electrons. The average Bonchev–Trinajstić information content (AvgIpc) is 3.27. The van der Waals surface area contributed by atoms with Crippen LogP contribution in [-0.4, -0.2) is 63.3 Å². The summed E-state index contributed by atoms with van der Waals surface area (Å²) < 4.78 is 11.3. The van der Waals surface area contributed by atoms with Crippen molar-refractivity contribution in [1.82, 2.24) is 15.5 Å². The van der Waals surface area contributed by atoms with E-state index in [0.717, 1.165) is 24.3 Å². The Bertz CT molecular complexity index is 733. The van der Waals surface area contributed by atoms with Crippen LogP contribution >= 0.6 is 24.0 Å². The Kier molecular flexibility index (Phi) is 9.87. The maximum Gasteiger partial charge on any atom is 0.241 e. The molecule has 31 heavy (non-hydrogen) atoms. The number of aliphatic imine (C=N–C) groups is 1. The van der Waals surface area contributed by atoms with Gasteiger partial charge in [0.15, 0.2) is 5.96 Å². The summed E-state index contributed by atoms with van der Waals surface area (Å²) in [4.78, 5) is 18.4. The zero-order valence-corrected chi connectivity index (χ0v) is 21.5. The Morgan fingerprint density at radius 3 is 2.48 bits per heavy atom. The van der Waals surface area contributed by atoms with E-state index in [2.05, 4.69) is 17.6 Å². The SMILES string of the molecule is CCOC1CC(NC(=NCc2ccc(OC)cc2)NCC(=O)N(C)C)C12CCCC2.I. The van der Waals surface area contributed by atoms with E-state index in [1.165, 1.54) is 25.7 Å². The van der Waals surface area contributed by atoms with Gasteiger partial charge in [-0.05, 0) is 43.9 Å². The number of hydrogen-bond acceptors (Lipinski definition) is 4. The maximum absolute atomic E-state index is 12.1. The fourth-order valence-corrected chi connectivity index (χ4v) is 4.63. The van der Waals surface area contributed by atoms with Crippen LogP contribution in [0.1, 0.15) is 44.6 Å². The van der Waals surface area contributed by atoms with Crippen LogP contribution in [0.15, 0.2) is 29.3 Å². The summed E-state index contributed by atoms with van der Waals surface area (Å²) in [6.07, 6.45) is 6.21. The van der Waals surface area contributed by atoms with Crippen LogP contribution in [0.4, 0.5) is 0 Å². The number of hydrogen-bond donors (Lipinski definition) is 2. The first-order valence-electron chi connectivity index (χ1n) is 11.0. The van der Waals surface area contributed by atoms with Crippen molar-refractivity contribution in [2.75, 3.05) is 34.4 Å². The lowest BCUT2D eigenvalue weighted by Crippen LogP contribution is -2.65. The Morgan fingerprint density at radius 2 is 1.90 bits per heavy atom. The van der Waals surface area contributed by atoms with Crippen LogP contribution in [-0.2, 0) is 16.1 Å². The topological polar surface area (TPSA) is 75.2 Å². The van der Waals surface area contributed by atoms with Crippen LogP contribution in [0.3, 0.4) is 0 Å². The fraction of sp³-hybridized carbons (Fsp3) is 0.652. The van der Waals surface area contributed by atoms with Gasteiger partial charge >= 0.3 is 0 Å². The molecule has 0 heterocycles. The third-order valence-electron chi connectivity index (χ3n) is 6.48. The number of halogens is 1. The van der Waals surface area contributed by atoms with Crippen LogP contribution in [0.2, 0.25) is 0 Å². The van der Waals surface area contributed by atoms with E-state index in [4.69, 9.17) is 14.5 Å². The molecule has 2 N–H and O–H groups in total. The summed E-state index contributed by atoms with van der Waals surface area (Å²) in [6.45, 7) is 3.58. The molecule has 2 atom stereocenters. The lowest BCUT2D eigenvalue weighted by atomic mass is 9.60. The van der Waals surface area contributed by atoms with Gasteiger partial charge in [0.05, 0.1) is 26.3 Å². The molecule has 1 amide bonds. The molecular weight excluding hydrogens is 507 g/mol. The van der Waals surface area contributed by atoms with Crippen molar-refractivity contribution >= 4 is 35.8 Å². The van der Waals surface area contributed by atoms with Crippen molar-refractivity contribution in [3.63, 3.8) is 0 Å². The summed E-state index contributed by atoms with van der Waals surface area (Å²) in [6, 6.07) is 8.23. The minimum atomic E-state index is 0. The largest absolute Gasteiger partial charge is 0.497 e. The minimum Gasteiger partial charge on any atom is -0.497 e. The number of amides is 1. The van der Waals surface area contributed by atoms with Crippen molar-refractivity contribution in [2.45, 2.75) is 57.7 Å². The van der Waals surface area contributed by atoms with Crippen molar-refractivity contribution in [3.8, 4) is 5.75 Å². The molecule has 0 radical (unpaired) electrons. The van der Waals surface area contributed by atoms with Gasteiger partial charge < -0.3 is 25.0 Å². The van der Waals surface area contributed by atoms with E-state index in [1.54, 1.807) is 26.1 Å². The zero-order chi connectivity index (χ0) is 21.6. The van der Waals surface area contributed by atoms with Gasteiger partial charge in [0, 0.05) is 32.2 Å². The van der Waals surface area contributed by atoms with Crippen molar-refractivity contribution in [1.29, 1.82) is 0 Å². The summed E-state index contributed by atoms with van der Waals surface area (Å²) in [5, 5.41) is 6.85. The summed E-state index contributed by atoms with van der Waals surface area (Å²) in [5.41, 5.74) is 1.29. The lowest BCUT2D eigenvalue weighted by Gasteiger charge is -2.54. The average molecular weight is 544 g/mol. The van der Waals surface area contributed by atoms with Crippen LogP contribution in [0, 0.1) is 5.41 Å². The zero-order valence-electron chi connectivity index (χ0n) is 19.1. The summed E-state index contributed by atoms with van der Waals surface area (Å²) in [5.74, 6) is 1.54. The lowest BCUT2D eigenvalue weighted by molar-refractivity contribution is -0.128. The van der Waals surface area contributed by atoms with Gasteiger partial charge in [-0.1, -0.05) is 25.0 Å². The van der Waals surface area contributed by atoms with E-state index in [1.807, 2.05) is 24.3 Å². The first-order chi connectivity index (χ1) is 14.5. The highest BCUT2D eigenvalue weighted by Gasteiger charge is 2.57. The number of nitrogens with zero attached hydrogens (tertiary/aromatic N) is 2. The first kappa shape index (κ1) is 25.7. The highest BCUT2D eigenvalue weighted by molar-refractivity contribution is 14.0. The molecule has 8 heteroatoms. The van der Waals surface area contributed by atoms with E-state index in [9.17, 15) is 4.79 Å². The number of methoxy groups -OCH3 is 1. The van der Waals surface area contributed by atoms with Gasteiger partial charge in [0.2, 0.25) is 5.91 Å². The van der Waals surface area contributed by atoms with E-state index >= 15 is 0 Å². The van der Waals surface area contributed by atoms with Gasteiger partial charge in [-0.25, -0.2) is 4.99 Å². The highest BCUT2D eigenvalue weighted by atomic mass is 127. The number of carbonyl (C=O) groups is 1. The van der Waals surface area contributed by atoms with Crippen molar-refractivity contribution < 1.29 is 14.3 Å². The molecule has 7 nitrogen and oxygen atoms in total. The number of ether oxygens (including phenoxy) is 2. The smallest absolute Gasteiger partial charge is 0.241 e. The molecule has 0 saturated heterocycles. The predicted octanol–water partition coefficient (Wildman–Crippen LogP) is 3.17. The monoisotopic (exact) mass is 544 g/mol. The normalized spacial score (nSPS) is 21.7. The van der Waals surface area contributed by atoms with Gasteiger partial charge in [0.25, 0.3) is 0 Å². The highest BCUT2D eigenvalue weighted by Crippen LogP contribution is 2.54. The summed E-state index contributed by atoms with van der Waals surface area (Å²) >= 11 is 0. The predicted molar refractivity (Wildman–Crippen MR) is 134 cm³/mol. The second kappa shape index (κ2) is 11.9. The molecule has 2 aliphatic rings. The second-order valence-corrected chi connectivity index (χ2v) is 8.47. The van der Waals surface area contributed by atoms with E-state index in [0.29, 0.717) is 24.7 Å². The quantitative estimate of drug-likeness (QED) is 0.299. The number of likely N-dealkylation sites (N-methyl/N-ethyl adjacent to an activating group) is 1. The Hall–Kier alpha value is -1.55. The molecule has 2 aliphatic carbocycles. The van der Waals surface area contributed by atoms with Crippen LogP contribution in [0.25, 0.3) is 0 Å². The molecular formula is C23H37IN4O3. The molecule has 0 bridgehead atoms. The first-order valence-corrected chi connectivity index (χ1v) is 11.0. The van der Waals surface area contributed by atoms with E-state index in [-0.39, 0.29) is 41.8 Å². The second-order valence-electron chi connectivity index (χ2n) is 8.47. The molecule has 3 rings (SSSR count). The van der Waals surface area contributed by atoms with Crippen molar-refractivity contribution in [3.05, 3.63) is 29.8 Å². The van der Waals surface area contributed by atoms with Crippen LogP contribution in [0.5, 0.6) is 5.75 Å². The number of guanidine groups is 1. The third-order valence-corrected chi connectivity index (χ3v) is 6.48. The number of rotatable bonds is 8. The third kappa shape index (κ3) is 6.25.